The Morgan fingerprint density at radius 1 is 1.33 bits per heavy atom. The maximum Gasteiger partial charge on any atom is 0.574 e. The van der Waals surface area contributed by atoms with Crippen molar-refractivity contribution in [3.05, 3.63) is 29.8 Å². The number of alkyl halides is 3. The molecule has 18 heavy (non-hydrogen) atoms. The van der Waals surface area contributed by atoms with Gasteiger partial charge in [-0.25, -0.2) is 0 Å². The van der Waals surface area contributed by atoms with Gasteiger partial charge in [0, 0.05) is 11.9 Å². The lowest BCUT2D eigenvalue weighted by atomic mass is 10.2. The van der Waals surface area contributed by atoms with E-state index in [0.717, 1.165) is 0 Å². The fourth-order valence-corrected chi connectivity index (χ4v) is 1.92. The highest BCUT2D eigenvalue weighted by molar-refractivity contribution is 5.89. The summed E-state index contributed by atoms with van der Waals surface area (Å²) in [7, 11) is 0. The second-order valence-corrected chi connectivity index (χ2v) is 3.60. The molecule has 3 nitrogen and oxygen atoms in total. The molecule has 0 unspecified atom stereocenters. The van der Waals surface area contributed by atoms with Gasteiger partial charge >= 0.3 is 6.36 Å². The van der Waals surface area contributed by atoms with E-state index in [9.17, 15) is 13.2 Å². The van der Waals surface area contributed by atoms with Crippen molar-refractivity contribution >= 4 is 10.9 Å². The molecule has 1 aromatic heterocycles. The molecular formula is C12H9F3N2O. The van der Waals surface area contributed by atoms with Crippen LogP contribution in [-0.4, -0.2) is 10.9 Å². The number of benzene rings is 1. The van der Waals surface area contributed by atoms with Crippen LogP contribution in [0.5, 0.6) is 5.88 Å². The van der Waals surface area contributed by atoms with Crippen LogP contribution in [0, 0.1) is 11.3 Å². The van der Waals surface area contributed by atoms with Gasteiger partial charge in [-0.15, -0.1) is 13.2 Å². The minimum Gasteiger partial charge on any atom is -0.388 e. The van der Waals surface area contributed by atoms with Crippen molar-refractivity contribution in [3.63, 3.8) is 0 Å². The molecule has 0 N–H and O–H groups in total. The molecule has 0 aliphatic rings. The van der Waals surface area contributed by atoms with E-state index in [0.29, 0.717) is 10.9 Å². The number of hydrogen-bond acceptors (Lipinski definition) is 2. The molecule has 0 saturated carbocycles. The van der Waals surface area contributed by atoms with Gasteiger partial charge in [0.05, 0.1) is 5.52 Å². The van der Waals surface area contributed by atoms with Crippen LogP contribution < -0.4 is 4.74 Å². The molecule has 94 valence electrons. The Morgan fingerprint density at radius 2 is 2.00 bits per heavy atom. The number of nitrogens with zero attached hydrogens (tertiary/aromatic N) is 2. The maximum absolute atomic E-state index is 12.4. The second-order valence-electron chi connectivity index (χ2n) is 3.60. The third-order valence-electron chi connectivity index (χ3n) is 2.56. The molecule has 0 aliphatic carbocycles. The summed E-state index contributed by atoms with van der Waals surface area (Å²) in [6.07, 6.45) is -4.81. The zero-order valence-electron chi connectivity index (χ0n) is 9.45. The summed E-state index contributed by atoms with van der Waals surface area (Å²) in [6, 6.07) is 8.39. The van der Waals surface area contributed by atoms with Gasteiger partial charge in [-0.1, -0.05) is 18.2 Å². The third kappa shape index (κ3) is 1.99. The van der Waals surface area contributed by atoms with Crippen molar-refractivity contribution in [1.82, 2.24) is 4.57 Å². The van der Waals surface area contributed by atoms with Crippen molar-refractivity contribution in [2.45, 2.75) is 19.8 Å². The number of fused-ring (bicyclic) bond motifs is 1. The number of rotatable bonds is 2. The molecule has 0 amide bonds. The summed E-state index contributed by atoms with van der Waals surface area (Å²) in [5.41, 5.74) is 0.459. The molecule has 6 heteroatoms. The van der Waals surface area contributed by atoms with Gasteiger partial charge in [0.1, 0.15) is 11.6 Å². The van der Waals surface area contributed by atoms with Gasteiger partial charge in [0.15, 0.2) is 0 Å². The third-order valence-corrected chi connectivity index (χ3v) is 2.56. The Hall–Kier alpha value is -2.16. The predicted molar refractivity (Wildman–Crippen MR) is 59.0 cm³/mol. The average molecular weight is 254 g/mol. The summed E-state index contributed by atoms with van der Waals surface area (Å²) in [5, 5.41) is 9.47. The van der Waals surface area contributed by atoms with Crippen LogP contribution in [-0.2, 0) is 6.54 Å². The molecular weight excluding hydrogens is 245 g/mol. The number of aryl methyl sites for hydroxylation is 1. The molecule has 0 bridgehead atoms. The van der Waals surface area contributed by atoms with Crippen molar-refractivity contribution in [2.24, 2.45) is 0 Å². The van der Waals surface area contributed by atoms with E-state index in [1.54, 1.807) is 37.3 Å². The lowest BCUT2D eigenvalue weighted by molar-refractivity contribution is -0.277. The van der Waals surface area contributed by atoms with Gasteiger partial charge < -0.3 is 9.30 Å². The van der Waals surface area contributed by atoms with Gasteiger partial charge in [-0.05, 0) is 13.0 Å². The second kappa shape index (κ2) is 4.26. The fraction of sp³-hybridized carbons (Fsp3) is 0.250. The maximum atomic E-state index is 12.4. The molecule has 0 atom stereocenters. The van der Waals surface area contributed by atoms with Crippen LogP contribution in [0.3, 0.4) is 0 Å². The van der Waals surface area contributed by atoms with E-state index < -0.39 is 12.2 Å². The first kappa shape index (κ1) is 12.3. The van der Waals surface area contributed by atoms with Gasteiger partial charge in [-0.3, -0.25) is 0 Å². The summed E-state index contributed by atoms with van der Waals surface area (Å²) >= 11 is 0. The van der Waals surface area contributed by atoms with Crippen LogP contribution in [0.4, 0.5) is 13.2 Å². The van der Waals surface area contributed by atoms with E-state index in [1.807, 2.05) is 0 Å². The monoisotopic (exact) mass is 254 g/mol. The molecule has 1 heterocycles. The summed E-state index contributed by atoms with van der Waals surface area (Å²) in [5.74, 6) is -0.450. The Morgan fingerprint density at radius 3 is 2.56 bits per heavy atom. The fourth-order valence-electron chi connectivity index (χ4n) is 1.92. The molecule has 0 saturated heterocycles. The van der Waals surface area contributed by atoms with Gasteiger partial charge in [-0.2, -0.15) is 5.26 Å². The normalized spacial score (nSPS) is 11.5. The molecule has 0 fully saturated rings. The quantitative estimate of drug-likeness (QED) is 0.823. The molecule has 0 spiro atoms. The topological polar surface area (TPSA) is 38.0 Å². The summed E-state index contributed by atoms with van der Waals surface area (Å²) in [4.78, 5) is 0. The largest absolute Gasteiger partial charge is 0.574 e. The highest BCUT2D eigenvalue weighted by Crippen LogP contribution is 2.34. The minimum absolute atomic E-state index is 0.0928. The van der Waals surface area contributed by atoms with Gasteiger partial charge in [0.2, 0.25) is 5.88 Å². The lowest BCUT2D eigenvalue weighted by Gasteiger charge is -2.11. The smallest absolute Gasteiger partial charge is 0.388 e. The van der Waals surface area contributed by atoms with Crippen molar-refractivity contribution in [2.75, 3.05) is 0 Å². The Bertz CT molecular complexity index is 623. The Labute approximate surface area is 101 Å². The predicted octanol–water partition coefficient (Wildman–Crippen LogP) is 3.43. The van der Waals surface area contributed by atoms with Crippen LogP contribution in [0.25, 0.3) is 10.9 Å². The SMILES string of the molecule is CCn1c(OC(F)(F)F)c(C#N)c2ccccc21. The van der Waals surface area contributed by atoms with Gasteiger partial charge in [0.25, 0.3) is 0 Å². The number of halogens is 3. The van der Waals surface area contributed by atoms with E-state index >= 15 is 0 Å². The lowest BCUT2D eigenvalue weighted by Crippen LogP contribution is -2.19. The van der Waals surface area contributed by atoms with Crippen LogP contribution >= 0.6 is 0 Å². The number of para-hydroxylation sites is 1. The molecule has 2 aromatic rings. The van der Waals surface area contributed by atoms with Crippen molar-refractivity contribution in [1.29, 1.82) is 5.26 Å². The molecule has 0 radical (unpaired) electrons. The first-order chi connectivity index (χ1) is 8.48. The zero-order valence-corrected chi connectivity index (χ0v) is 9.45. The van der Waals surface area contributed by atoms with E-state index in [2.05, 4.69) is 4.74 Å². The first-order valence-corrected chi connectivity index (χ1v) is 5.25. The van der Waals surface area contributed by atoms with Crippen molar-refractivity contribution < 1.29 is 17.9 Å². The van der Waals surface area contributed by atoms with Crippen LogP contribution in [0.15, 0.2) is 24.3 Å². The number of nitriles is 1. The van der Waals surface area contributed by atoms with Crippen molar-refractivity contribution in [3.8, 4) is 11.9 Å². The molecule has 0 aliphatic heterocycles. The minimum atomic E-state index is -4.81. The Balaban J connectivity index is 2.74. The molecule has 1 aromatic carbocycles. The average Bonchev–Trinajstić information content (AvgIpc) is 2.59. The molecule has 2 rings (SSSR count). The highest BCUT2D eigenvalue weighted by atomic mass is 19.4. The number of ether oxygens (including phenoxy) is 1. The van der Waals surface area contributed by atoms with E-state index in [4.69, 9.17) is 5.26 Å². The van der Waals surface area contributed by atoms with Crippen LogP contribution in [0.1, 0.15) is 12.5 Å². The number of hydrogen-bond donors (Lipinski definition) is 0. The van der Waals surface area contributed by atoms with Crippen LogP contribution in [0.2, 0.25) is 0 Å². The van der Waals surface area contributed by atoms with E-state index in [1.165, 1.54) is 4.57 Å². The summed E-state index contributed by atoms with van der Waals surface area (Å²) in [6.45, 7) is 1.98. The first-order valence-electron chi connectivity index (χ1n) is 5.25. The highest BCUT2D eigenvalue weighted by Gasteiger charge is 2.34. The summed E-state index contributed by atoms with van der Waals surface area (Å²) < 4.78 is 42.4. The standard InChI is InChI=1S/C12H9F3N2O/c1-2-17-10-6-4-3-5-8(10)9(7-16)11(17)18-12(13,14)15/h3-6H,2H2,1H3. The van der Waals surface area contributed by atoms with E-state index in [-0.39, 0.29) is 12.1 Å². The zero-order chi connectivity index (χ0) is 13.3. The number of aromatic nitrogens is 1. The Kier molecular flexibility index (Phi) is 2.91.